The summed E-state index contributed by atoms with van der Waals surface area (Å²) >= 11 is 0. The van der Waals surface area contributed by atoms with Crippen LogP contribution in [0.3, 0.4) is 0 Å². The number of aryl methyl sites for hydroxylation is 2. The minimum atomic E-state index is -0.767. The minimum Gasteiger partial charge on any atom is -0.507 e. The van der Waals surface area contributed by atoms with Gasteiger partial charge in [0.2, 0.25) is 0 Å². The van der Waals surface area contributed by atoms with Gasteiger partial charge in [-0.3, -0.25) is 19.6 Å². The normalized spacial score (nSPS) is 17.6. The maximum atomic E-state index is 13.2. The van der Waals surface area contributed by atoms with Crippen molar-refractivity contribution in [3.63, 3.8) is 0 Å². The molecule has 1 aliphatic rings. The molecule has 0 saturated carbocycles. The average molecular weight is 429 g/mol. The van der Waals surface area contributed by atoms with Gasteiger partial charge in [-0.05, 0) is 66.4 Å². The summed E-state index contributed by atoms with van der Waals surface area (Å²) in [6, 6.07) is 9.96. The zero-order valence-corrected chi connectivity index (χ0v) is 18.1. The highest BCUT2D eigenvalue weighted by Crippen LogP contribution is 2.42. The topological polar surface area (TPSA) is 92.6 Å². The number of ketones is 1. The van der Waals surface area contributed by atoms with E-state index in [1.54, 1.807) is 55.1 Å². The standard InChI is InChI=1S/C25H23N3O4/c1-15-12-16(2)24(32-3)19(13-15)22(29)20-21(18-6-10-27-11-7-18)28(25(31)23(20)30)14-17-4-8-26-9-5-17/h4-13,21,29H,14H2,1-3H3/b22-20+. The number of likely N-dealkylation sites (tertiary alicyclic amines) is 1. The van der Waals surface area contributed by atoms with Crippen molar-refractivity contribution in [3.8, 4) is 5.75 Å². The summed E-state index contributed by atoms with van der Waals surface area (Å²) < 4.78 is 5.52. The fraction of sp³-hybridized carbons (Fsp3) is 0.200. The summed E-state index contributed by atoms with van der Waals surface area (Å²) in [4.78, 5) is 35.8. The fourth-order valence-corrected chi connectivity index (χ4v) is 4.17. The van der Waals surface area contributed by atoms with Crippen LogP contribution in [0, 0.1) is 13.8 Å². The Morgan fingerprint density at radius 1 is 1.03 bits per heavy atom. The second-order valence-corrected chi connectivity index (χ2v) is 7.73. The number of hydrogen-bond acceptors (Lipinski definition) is 6. The number of nitrogens with zero attached hydrogens (tertiary/aromatic N) is 3. The highest BCUT2D eigenvalue weighted by Gasteiger charge is 2.46. The molecule has 0 spiro atoms. The van der Waals surface area contributed by atoms with Crippen LogP contribution in [-0.4, -0.2) is 38.8 Å². The first-order valence-corrected chi connectivity index (χ1v) is 10.1. The van der Waals surface area contributed by atoms with E-state index >= 15 is 0 Å². The smallest absolute Gasteiger partial charge is 0.295 e. The van der Waals surface area contributed by atoms with E-state index in [0.29, 0.717) is 16.9 Å². The van der Waals surface area contributed by atoms with Crippen LogP contribution in [0.25, 0.3) is 5.76 Å². The molecule has 162 valence electrons. The van der Waals surface area contributed by atoms with E-state index in [0.717, 1.165) is 16.7 Å². The molecule has 1 amide bonds. The zero-order chi connectivity index (χ0) is 22.8. The van der Waals surface area contributed by atoms with Crippen LogP contribution in [0.4, 0.5) is 0 Å². The molecule has 1 unspecified atom stereocenters. The molecule has 1 aromatic carbocycles. The Bertz CT molecular complexity index is 1210. The molecular formula is C25H23N3O4. The van der Waals surface area contributed by atoms with Gasteiger partial charge in [-0.1, -0.05) is 6.07 Å². The van der Waals surface area contributed by atoms with E-state index in [1.165, 1.54) is 12.0 Å². The lowest BCUT2D eigenvalue weighted by atomic mass is 9.94. The quantitative estimate of drug-likeness (QED) is 0.378. The van der Waals surface area contributed by atoms with Crippen molar-refractivity contribution in [2.24, 2.45) is 0 Å². The van der Waals surface area contributed by atoms with Gasteiger partial charge < -0.3 is 14.7 Å². The third kappa shape index (κ3) is 3.73. The highest BCUT2D eigenvalue weighted by molar-refractivity contribution is 6.46. The summed E-state index contributed by atoms with van der Waals surface area (Å²) in [6.07, 6.45) is 6.46. The number of benzene rings is 1. The largest absolute Gasteiger partial charge is 0.507 e. The van der Waals surface area contributed by atoms with E-state index in [4.69, 9.17) is 4.74 Å². The number of hydrogen-bond donors (Lipinski definition) is 1. The predicted octanol–water partition coefficient (Wildman–Crippen LogP) is 3.72. The Balaban J connectivity index is 1.92. The molecule has 0 bridgehead atoms. The number of methoxy groups -OCH3 is 1. The fourth-order valence-electron chi connectivity index (χ4n) is 4.17. The Kier molecular flexibility index (Phi) is 5.73. The summed E-state index contributed by atoms with van der Waals surface area (Å²) in [6.45, 7) is 3.96. The van der Waals surface area contributed by atoms with Crippen LogP contribution >= 0.6 is 0 Å². The minimum absolute atomic E-state index is 0.0264. The maximum absolute atomic E-state index is 13.2. The summed E-state index contributed by atoms with van der Waals surface area (Å²) in [5.41, 5.74) is 3.63. The van der Waals surface area contributed by atoms with Crippen LogP contribution in [0.5, 0.6) is 5.75 Å². The van der Waals surface area contributed by atoms with Crippen LogP contribution in [0.1, 0.15) is 33.9 Å². The average Bonchev–Trinajstić information content (AvgIpc) is 3.04. The molecule has 0 radical (unpaired) electrons. The molecule has 7 heteroatoms. The first-order valence-electron chi connectivity index (χ1n) is 10.1. The Labute approximate surface area is 186 Å². The molecule has 4 rings (SSSR count). The number of pyridine rings is 2. The van der Waals surface area contributed by atoms with Crippen molar-refractivity contribution in [1.29, 1.82) is 0 Å². The number of aromatic nitrogens is 2. The number of aliphatic hydroxyl groups excluding tert-OH is 1. The highest BCUT2D eigenvalue weighted by atomic mass is 16.5. The van der Waals surface area contributed by atoms with Gasteiger partial charge in [0.05, 0.1) is 24.3 Å². The Morgan fingerprint density at radius 3 is 2.28 bits per heavy atom. The van der Waals surface area contributed by atoms with Crippen molar-refractivity contribution in [2.75, 3.05) is 7.11 Å². The summed E-state index contributed by atoms with van der Waals surface area (Å²) in [5.74, 6) is -1.21. The molecule has 32 heavy (non-hydrogen) atoms. The molecule has 3 heterocycles. The van der Waals surface area contributed by atoms with Crippen molar-refractivity contribution in [2.45, 2.75) is 26.4 Å². The van der Waals surface area contributed by atoms with Crippen molar-refractivity contribution in [1.82, 2.24) is 14.9 Å². The van der Waals surface area contributed by atoms with Crippen LogP contribution in [0.15, 0.2) is 66.8 Å². The number of ether oxygens (including phenoxy) is 1. The van der Waals surface area contributed by atoms with Gasteiger partial charge in [-0.15, -0.1) is 0 Å². The van der Waals surface area contributed by atoms with Crippen molar-refractivity contribution < 1.29 is 19.4 Å². The van der Waals surface area contributed by atoms with Gasteiger partial charge in [-0.2, -0.15) is 0 Å². The Morgan fingerprint density at radius 2 is 1.66 bits per heavy atom. The van der Waals surface area contributed by atoms with Gasteiger partial charge in [0, 0.05) is 31.3 Å². The monoisotopic (exact) mass is 429 g/mol. The summed E-state index contributed by atoms with van der Waals surface area (Å²) in [5, 5.41) is 11.4. The van der Waals surface area contributed by atoms with Crippen molar-refractivity contribution in [3.05, 3.63) is 94.6 Å². The SMILES string of the molecule is COc1c(C)cc(C)cc1/C(O)=C1\C(=O)C(=O)N(Cc2ccncc2)C1c1ccncc1. The number of carbonyl (C=O) groups excluding carboxylic acids is 2. The second-order valence-electron chi connectivity index (χ2n) is 7.73. The lowest BCUT2D eigenvalue weighted by Gasteiger charge is -2.25. The molecule has 1 atom stereocenters. The van der Waals surface area contributed by atoms with E-state index in [2.05, 4.69) is 9.97 Å². The molecule has 2 aromatic heterocycles. The van der Waals surface area contributed by atoms with E-state index in [-0.39, 0.29) is 17.9 Å². The van der Waals surface area contributed by atoms with Gasteiger partial charge in [0.15, 0.2) is 0 Å². The van der Waals surface area contributed by atoms with Crippen LogP contribution in [0.2, 0.25) is 0 Å². The van der Waals surface area contributed by atoms with Gasteiger partial charge in [0.25, 0.3) is 11.7 Å². The lowest BCUT2D eigenvalue weighted by Crippen LogP contribution is -2.29. The number of aliphatic hydroxyl groups is 1. The molecule has 1 aliphatic heterocycles. The molecule has 3 aromatic rings. The van der Waals surface area contributed by atoms with E-state index in [9.17, 15) is 14.7 Å². The predicted molar refractivity (Wildman–Crippen MR) is 119 cm³/mol. The molecule has 1 fully saturated rings. The molecule has 1 saturated heterocycles. The van der Waals surface area contributed by atoms with E-state index in [1.807, 2.05) is 19.9 Å². The third-order valence-electron chi connectivity index (χ3n) is 5.54. The molecular weight excluding hydrogens is 406 g/mol. The van der Waals surface area contributed by atoms with E-state index < -0.39 is 17.7 Å². The zero-order valence-electron chi connectivity index (χ0n) is 18.1. The molecule has 7 nitrogen and oxygen atoms in total. The maximum Gasteiger partial charge on any atom is 0.295 e. The van der Waals surface area contributed by atoms with Crippen molar-refractivity contribution >= 4 is 17.4 Å². The Hall–Kier alpha value is -4.00. The number of rotatable bonds is 5. The number of amides is 1. The first kappa shape index (κ1) is 21.2. The van der Waals surface area contributed by atoms with Crippen LogP contribution < -0.4 is 4.74 Å². The second kappa shape index (κ2) is 8.63. The first-order chi connectivity index (χ1) is 15.4. The molecule has 0 aliphatic carbocycles. The summed E-state index contributed by atoms with van der Waals surface area (Å²) in [7, 11) is 1.51. The molecule has 1 N–H and O–H groups in total. The lowest BCUT2D eigenvalue weighted by molar-refractivity contribution is -0.140. The van der Waals surface area contributed by atoms with Gasteiger partial charge in [-0.25, -0.2) is 0 Å². The van der Waals surface area contributed by atoms with Gasteiger partial charge in [0.1, 0.15) is 11.5 Å². The van der Waals surface area contributed by atoms with Crippen LogP contribution in [-0.2, 0) is 16.1 Å². The number of Topliss-reactive ketones (excluding diaryl/α,β-unsaturated/α-hetero) is 1. The number of carbonyl (C=O) groups is 2. The van der Waals surface area contributed by atoms with Gasteiger partial charge >= 0.3 is 0 Å². The third-order valence-corrected chi connectivity index (χ3v) is 5.54.